The molecule has 55 heavy (non-hydrogen) atoms. The van der Waals surface area contributed by atoms with Gasteiger partial charge in [-0.15, -0.1) is 18.3 Å². The third-order valence-corrected chi connectivity index (χ3v) is 11.1. The van der Waals surface area contributed by atoms with Gasteiger partial charge in [-0.2, -0.15) is 0 Å². The average Bonchev–Trinajstić information content (AvgIpc) is 3.44. The number of carbonyl (C=O) groups is 2. The van der Waals surface area contributed by atoms with Gasteiger partial charge < -0.3 is 43.0 Å². The first-order valence-corrected chi connectivity index (χ1v) is 19.8. The lowest BCUT2D eigenvalue weighted by Gasteiger charge is -2.52. The summed E-state index contributed by atoms with van der Waals surface area (Å²) in [5.74, 6) is -1.22. The molecule has 2 amide bonds. The molecule has 12 nitrogen and oxygen atoms in total. The first-order valence-electron chi connectivity index (χ1n) is 18.7. The molecule has 3 aromatic carbocycles. The number of aliphatic hydroxyl groups is 1. The van der Waals surface area contributed by atoms with Gasteiger partial charge in [0.2, 0.25) is 0 Å². The monoisotopic (exact) mass is 775 g/mol. The first-order chi connectivity index (χ1) is 26.7. The Kier molecular flexibility index (Phi) is 12.8. The minimum atomic E-state index is -1.34. The van der Waals surface area contributed by atoms with E-state index in [0.717, 1.165) is 11.1 Å². The maximum atomic E-state index is 14.2. The van der Waals surface area contributed by atoms with E-state index in [1.165, 1.54) is 16.7 Å². The predicted octanol–water partition coefficient (Wildman–Crippen LogP) is 5.13. The van der Waals surface area contributed by atoms with Crippen LogP contribution in [-0.2, 0) is 51.1 Å². The Labute approximate surface area is 325 Å². The molecule has 4 aliphatic rings. The Balaban J connectivity index is 1.26. The van der Waals surface area contributed by atoms with Gasteiger partial charge in [-0.1, -0.05) is 85.8 Å². The Morgan fingerprint density at radius 2 is 1.51 bits per heavy atom. The molecule has 4 aliphatic heterocycles. The van der Waals surface area contributed by atoms with E-state index in [0.29, 0.717) is 23.5 Å². The number of nitrogens with zero attached hydrogens (tertiary/aromatic N) is 1. The van der Waals surface area contributed by atoms with E-state index in [9.17, 15) is 14.7 Å². The molecule has 0 unspecified atom stereocenters. The minimum absolute atomic E-state index is 0.0616. The molecular weight excluding hydrogens is 727 g/mol. The second-order valence-corrected chi connectivity index (χ2v) is 15.7. The van der Waals surface area contributed by atoms with Crippen LogP contribution in [-0.4, -0.2) is 114 Å². The van der Waals surface area contributed by atoms with Crippen LogP contribution in [0, 0.1) is 0 Å². The van der Waals surface area contributed by atoms with Gasteiger partial charge in [0, 0.05) is 0 Å². The Hall–Kier alpha value is -3.47. The molecular formula is C42H49NO11S. The third kappa shape index (κ3) is 8.76. The van der Waals surface area contributed by atoms with Gasteiger partial charge in [0.05, 0.1) is 44.2 Å². The number of imide groups is 1. The van der Waals surface area contributed by atoms with Crippen molar-refractivity contribution >= 4 is 23.6 Å². The van der Waals surface area contributed by atoms with Crippen LogP contribution in [0.4, 0.5) is 0 Å². The maximum Gasteiger partial charge on any atom is 0.262 e. The number of carbonyl (C=O) groups excluding carboxylic acids is 2. The summed E-state index contributed by atoms with van der Waals surface area (Å²) < 4.78 is 51.5. The van der Waals surface area contributed by atoms with Gasteiger partial charge in [-0.3, -0.25) is 14.5 Å². The summed E-state index contributed by atoms with van der Waals surface area (Å²) in [5, 5.41) is 12.0. The van der Waals surface area contributed by atoms with Crippen LogP contribution in [0.15, 0.2) is 97.6 Å². The van der Waals surface area contributed by atoms with Gasteiger partial charge in [0.25, 0.3) is 11.8 Å². The van der Waals surface area contributed by atoms with E-state index >= 15 is 0 Å². The molecule has 1 N–H and O–H groups in total. The van der Waals surface area contributed by atoms with Gasteiger partial charge in [-0.25, -0.2) is 0 Å². The summed E-state index contributed by atoms with van der Waals surface area (Å²) in [4.78, 5) is 29.6. The number of rotatable bonds is 15. The lowest BCUT2D eigenvalue weighted by atomic mass is 9.94. The minimum Gasteiger partial charge on any atom is -0.385 e. The van der Waals surface area contributed by atoms with Crippen LogP contribution in [0.5, 0.6) is 0 Å². The number of ether oxygens (including phenoxy) is 8. The van der Waals surface area contributed by atoms with Crippen molar-refractivity contribution in [3.8, 4) is 0 Å². The zero-order valence-electron chi connectivity index (χ0n) is 31.3. The molecule has 7 rings (SSSR count). The highest BCUT2D eigenvalue weighted by Crippen LogP contribution is 2.41. The van der Waals surface area contributed by atoms with E-state index in [2.05, 4.69) is 6.58 Å². The SMILES string of the molecule is C=CCO[C@@H]1[C@@H](O)[C@H](O[C@H]2[C@H](OCc3ccccc3)[C@H](N3C(=O)c4ccccc4C3=O)[C@H](SCC)O[C@@H]2COCc2ccccc2)O[C@@H]2COC(C)(C)O[C@@H]12. The molecule has 3 fully saturated rings. The third-order valence-electron chi connectivity index (χ3n) is 10.1. The average molecular weight is 776 g/mol. The molecule has 294 valence electrons. The number of hydrogen-bond donors (Lipinski definition) is 1. The molecule has 0 aromatic heterocycles. The molecule has 0 radical (unpaired) electrons. The van der Waals surface area contributed by atoms with Crippen LogP contribution < -0.4 is 0 Å². The second kappa shape index (κ2) is 17.8. The normalized spacial score (nSPS) is 31.5. The summed E-state index contributed by atoms with van der Waals surface area (Å²) in [6.45, 7) is 10.1. The summed E-state index contributed by atoms with van der Waals surface area (Å²) in [6, 6.07) is 25.2. The molecule has 3 aromatic rings. The van der Waals surface area contributed by atoms with Crippen molar-refractivity contribution in [1.82, 2.24) is 4.90 Å². The van der Waals surface area contributed by atoms with Crippen LogP contribution in [0.3, 0.4) is 0 Å². The quantitative estimate of drug-likeness (QED) is 0.162. The summed E-state index contributed by atoms with van der Waals surface area (Å²) in [6.07, 6.45) is -6.02. The fourth-order valence-corrected chi connectivity index (χ4v) is 8.54. The highest BCUT2D eigenvalue weighted by atomic mass is 32.2. The van der Waals surface area contributed by atoms with Crippen LogP contribution in [0.2, 0.25) is 0 Å². The van der Waals surface area contributed by atoms with E-state index < -0.39 is 78.1 Å². The molecule has 0 saturated carbocycles. The van der Waals surface area contributed by atoms with Gasteiger partial charge in [-0.05, 0) is 42.9 Å². The Morgan fingerprint density at radius 3 is 2.15 bits per heavy atom. The van der Waals surface area contributed by atoms with Gasteiger partial charge in [0.15, 0.2) is 12.1 Å². The lowest BCUT2D eigenvalue weighted by Crippen LogP contribution is -2.69. The number of thioether (sulfide) groups is 1. The number of benzene rings is 3. The smallest absolute Gasteiger partial charge is 0.262 e. The highest BCUT2D eigenvalue weighted by Gasteiger charge is 2.58. The molecule has 13 heteroatoms. The topological polar surface area (TPSA) is 131 Å². The number of aliphatic hydroxyl groups excluding tert-OH is 1. The number of hydrogen-bond acceptors (Lipinski definition) is 12. The maximum absolute atomic E-state index is 14.2. The second-order valence-electron chi connectivity index (χ2n) is 14.3. The first kappa shape index (κ1) is 39.8. The molecule has 3 saturated heterocycles. The van der Waals surface area contributed by atoms with Gasteiger partial charge >= 0.3 is 0 Å². The standard InChI is InChI=1S/C42H49NO11S/c1-5-21-48-37-33(44)40(51-31-25-50-42(3,4)54-35(31)37)53-34-30(24-47-22-26-15-9-7-10-16-26)52-41(55-6-2)32(36(34)49-23-27-17-11-8-12-18-27)43-38(45)28-19-13-14-20-29(28)39(43)46/h5,7-20,30-37,40-41,44H,1,6,21-25H2,2-4H3/t30-,31-,32+,33-,34-,35-,36-,37-,40+,41+/m1/s1. The molecule has 0 aliphatic carbocycles. The molecule has 4 heterocycles. The lowest BCUT2D eigenvalue weighted by molar-refractivity contribution is -0.396. The van der Waals surface area contributed by atoms with Crippen LogP contribution >= 0.6 is 11.8 Å². The summed E-state index contributed by atoms with van der Waals surface area (Å²) in [5.41, 5.74) is 1.74. The molecule has 0 spiro atoms. The van der Waals surface area contributed by atoms with Crippen molar-refractivity contribution in [3.63, 3.8) is 0 Å². The van der Waals surface area contributed by atoms with Crippen LogP contribution in [0.1, 0.15) is 52.6 Å². The van der Waals surface area contributed by atoms with E-state index in [4.69, 9.17) is 37.9 Å². The molecule has 0 bridgehead atoms. The summed E-state index contributed by atoms with van der Waals surface area (Å²) in [7, 11) is 0. The van der Waals surface area contributed by atoms with Crippen molar-refractivity contribution in [3.05, 3.63) is 120 Å². The van der Waals surface area contributed by atoms with E-state index in [1.54, 1.807) is 44.2 Å². The van der Waals surface area contributed by atoms with Crippen molar-refractivity contribution in [2.75, 3.05) is 25.6 Å². The zero-order valence-corrected chi connectivity index (χ0v) is 32.1. The number of fused-ring (bicyclic) bond motifs is 2. The van der Waals surface area contributed by atoms with E-state index in [-0.39, 0.29) is 26.4 Å². The Morgan fingerprint density at radius 1 is 0.873 bits per heavy atom. The zero-order chi connectivity index (χ0) is 38.5. The van der Waals surface area contributed by atoms with Gasteiger partial charge in [0.1, 0.15) is 54.2 Å². The highest BCUT2D eigenvalue weighted by molar-refractivity contribution is 7.99. The van der Waals surface area contributed by atoms with Crippen molar-refractivity contribution < 1.29 is 52.6 Å². The van der Waals surface area contributed by atoms with Crippen LogP contribution in [0.25, 0.3) is 0 Å². The number of amides is 2. The largest absolute Gasteiger partial charge is 0.385 e. The molecule has 10 atom stereocenters. The fourth-order valence-electron chi connectivity index (χ4n) is 7.52. The Bertz CT molecular complexity index is 1730. The summed E-state index contributed by atoms with van der Waals surface area (Å²) >= 11 is 1.46. The fraction of sp³-hybridized carbons (Fsp3) is 0.476. The predicted molar refractivity (Wildman–Crippen MR) is 203 cm³/mol. The van der Waals surface area contributed by atoms with Crippen molar-refractivity contribution in [2.24, 2.45) is 0 Å². The van der Waals surface area contributed by atoms with E-state index in [1.807, 2.05) is 67.6 Å². The van der Waals surface area contributed by atoms with Crippen molar-refractivity contribution in [2.45, 2.75) is 100 Å². The van der Waals surface area contributed by atoms with Crippen molar-refractivity contribution in [1.29, 1.82) is 0 Å².